The third kappa shape index (κ3) is 2.37. The first kappa shape index (κ1) is 13.0. The van der Waals surface area contributed by atoms with Crippen LogP contribution in [-0.2, 0) is 16.1 Å². The van der Waals surface area contributed by atoms with Crippen molar-refractivity contribution < 1.29 is 9.59 Å². The number of nitrogens with one attached hydrogen (secondary N) is 1. The van der Waals surface area contributed by atoms with Crippen LogP contribution >= 0.6 is 0 Å². The van der Waals surface area contributed by atoms with Crippen LogP contribution in [0.3, 0.4) is 0 Å². The van der Waals surface area contributed by atoms with E-state index in [2.05, 4.69) is 15.3 Å². The van der Waals surface area contributed by atoms with Crippen molar-refractivity contribution in [2.45, 2.75) is 44.2 Å². The van der Waals surface area contributed by atoms with E-state index in [0.29, 0.717) is 12.4 Å². The van der Waals surface area contributed by atoms with Gasteiger partial charge in [0.2, 0.25) is 11.8 Å². The predicted octanol–water partition coefficient (Wildman–Crippen LogP) is 0.638. The molecule has 1 spiro atoms. The molecule has 1 saturated carbocycles. The van der Waals surface area contributed by atoms with Gasteiger partial charge in [-0.1, -0.05) is 19.3 Å². The van der Waals surface area contributed by atoms with E-state index < -0.39 is 5.54 Å². The number of aromatic nitrogens is 2. The van der Waals surface area contributed by atoms with Gasteiger partial charge in [0.25, 0.3) is 0 Å². The lowest BCUT2D eigenvalue weighted by atomic mass is 9.79. The summed E-state index contributed by atoms with van der Waals surface area (Å²) in [5.74, 6) is 0.508. The summed E-state index contributed by atoms with van der Waals surface area (Å²) in [6.07, 6.45) is 7.88. The van der Waals surface area contributed by atoms with Gasteiger partial charge in [-0.05, 0) is 18.9 Å². The van der Waals surface area contributed by atoms with Gasteiger partial charge < -0.3 is 10.2 Å². The average Bonchev–Trinajstić information content (AvgIpc) is 2.46. The highest BCUT2D eigenvalue weighted by molar-refractivity contribution is 5.98. The minimum atomic E-state index is -0.678. The lowest BCUT2D eigenvalue weighted by Gasteiger charge is -2.43. The molecule has 106 valence electrons. The zero-order valence-electron chi connectivity index (χ0n) is 11.3. The van der Waals surface area contributed by atoms with Gasteiger partial charge in [-0.3, -0.25) is 9.59 Å². The van der Waals surface area contributed by atoms with Crippen molar-refractivity contribution in [3.8, 4) is 0 Å². The molecule has 1 saturated heterocycles. The fourth-order valence-corrected chi connectivity index (χ4v) is 3.11. The van der Waals surface area contributed by atoms with Crippen LogP contribution in [0.15, 0.2) is 18.5 Å². The first-order valence-corrected chi connectivity index (χ1v) is 7.06. The molecule has 1 aliphatic heterocycles. The van der Waals surface area contributed by atoms with Crippen molar-refractivity contribution in [2.75, 3.05) is 6.54 Å². The summed E-state index contributed by atoms with van der Waals surface area (Å²) >= 11 is 0. The van der Waals surface area contributed by atoms with Gasteiger partial charge in [-0.15, -0.1) is 0 Å². The van der Waals surface area contributed by atoms with Gasteiger partial charge in [-0.25, -0.2) is 9.97 Å². The van der Waals surface area contributed by atoms with Gasteiger partial charge in [0, 0.05) is 12.4 Å². The summed E-state index contributed by atoms with van der Waals surface area (Å²) in [6, 6.07) is 1.73. The van der Waals surface area contributed by atoms with Crippen LogP contribution in [0.25, 0.3) is 0 Å². The Morgan fingerprint density at radius 3 is 2.55 bits per heavy atom. The maximum absolute atomic E-state index is 12.7. The Morgan fingerprint density at radius 2 is 1.85 bits per heavy atom. The molecule has 1 aromatic heterocycles. The topological polar surface area (TPSA) is 75.2 Å². The minimum absolute atomic E-state index is 0.0178. The summed E-state index contributed by atoms with van der Waals surface area (Å²) in [6.45, 7) is 0.397. The van der Waals surface area contributed by atoms with Gasteiger partial charge >= 0.3 is 0 Å². The van der Waals surface area contributed by atoms with E-state index in [9.17, 15) is 9.59 Å². The number of piperazine rings is 1. The second-order valence-corrected chi connectivity index (χ2v) is 5.52. The van der Waals surface area contributed by atoms with Crippen LogP contribution in [0.1, 0.15) is 37.9 Å². The quantitative estimate of drug-likeness (QED) is 0.858. The molecule has 0 unspecified atom stereocenters. The molecule has 6 heteroatoms. The average molecular weight is 274 g/mol. The highest BCUT2D eigenvalue weighted by Gasteiger charge is 2.47. The Bertz CT molecular complexity index is 511. The van der Waals surface area contributed by atoms with Crippen LogP contribution in [0, 0.1) is 0 Å². The molecule has 1 aliphatic carbocycles. The Hall–Kier alpha value is -1.98. The van der Waals surface area contributed by atoms with Gasteiger partial charge in [-0.2, -0.15) is 0 Å². The Kier molecular flexibility index (Phi) is 3.38. The highest BCUT2D eigenvalue weighted by atomic mass is 16.2. The lowest BCUT2D eigenvalue weighted by Crippen LogP contribution is -2.66. The summed E-state index contributed by atoms with van der Waals surface area (Å²) in [5.41, 5.74) is -0.678. The summed E-state index contributed by atoms with van der Waals surface area (Å²) in [4.78, 5) is 34.5. The molecular weight excluding hydrogens is 256 g/mol. The van der Waals surface area contributed by atoms with Crippen molar-refractivity contribution in [3.05, 3.63) is 24.3 Å². The normalized spacial score (nSPS) is 21.9. The third-order valence-corrected chi connectivity index (χ3v) is 4.07. The van der Waals surface area contributed by atoms with E-state index in [-0.39, 0.29) is 18.4 Å². The lowest BCUT2D eigenvalue weighted by molar-refractivity contribution is -0.152. The Morgan fingerprint density at radius 1 is 1.15 bits per heavy atom. The molecule has 2 fully saturated rings. The molecule has 1 aromatic rings. The predicted molar refractivity (Wildman–Crippen MR) is 71.4 cm³/mol. The van der Waals surface area contributed by atoms with E-state index in [4.69, 9.17) is 0 Å². The smallest absolute Gasteiger partial charge is 0.249 e. The summed E-state index contributed by atoms with van der Waals surface area (Å²) in [7, 11) is 0. The third-order valence-electron chi connectivity index (χ3n) is 4.07. The maximum Gasteiger partial charge on any atom is 0.249 e. The number of hydrogen-bond donors (Lipinski definition) is 1. The van der Waals surface area contributed by atoms with Crippen LogP contribution in [0.4, 0.5) is 0 Å². The second-order valence-electron chi connectivity index (χ2n) is 5.52. The molecular formula is C14H18N4O2. The van der Waals surface area contributed by atoms with Crippen LogP contribution < -0.4 is 5.32 Å². The van der Waals surface area contributed by atoms with Crippen molar-refractivity contribution in [3.63, 3.8) is 0 Å². The molecule has 0 aromatic carbocycles. The van der Waals surface area contributed by atoms with E-state index in [0.717, 1.165) is 32.1 Å². The van der Waals surface area contributed by atoms with E-state index in [1.807, 2.05) is 0 Å². The molecule has 20 heavy (non-hydrogen) atoms. The molecule has 0 radical (unpaired) electrons. The zero-order valence-corrected chi connectivity index (χ0v) is 11.3. The fourth-order valence-electron chi connectivity index (χ4n) is 3.11. The van der Waals surface area contributed by atoms with Crippen LogP contribution in [-0.4, -0.2) is 38.8 Å². The molecule has 3 rings (SSSR count). The molecule has 0 atom stereocenters. The zero-order chi connectivity index (χ0) is 14.0. The first-order chi connectivity index (χ1) is 9.70. The van der Waals surface area contributed by atoms with Crippen molar-refractivity contribution >= 4 is 11.8 Å². The molecule has 6 nitrogen and oxygen atoms in total. The van der Waals surface area contributed by atoms with Crippen molar-refractivity contribution in [2.24, 2.45) is 0 Å². The molecule has 2 aliphatic rings. The van der Waals surface area contributed by atoms with Crippen molar-refractivity contribution in [1.82, 2.24) is 20.2 Å². The summed E-state index contributed by atoms with van der Waals surface area (Å²) < 4.78 is 0. The van der Waals surface area contributed by atoms with Gasteiger partial charge in [0.15, 0.2) is 0 Å². The Balaban J connectivity index is 1.80. The molecule has 0 bridgehead atoms. The van der Waals surface area contributed by atoms with Crippen LogP contribution in [0.5, 0.6) is 0 Å². The monoisotopic (exact) mass is 274 g/mol. The maximum atomic E-state index is 12.7. The van der Waals surface area contributed by atoms with Crippen molar-refractivity contribution in [1.29, 1.82) is 0 Å². The number of rotatable bonds is 2. The van der Waals surface area contributed by atoms with Gasteiger partial charge in [0.1, 0.15) is 17.9 Å². The number of carbonyl (C=O) groups is 2. The highest BCUT2D eigenvalue weighted by Crippen LogP contribution is 2.32. The summed E-state index contributed by atoms with van der Waals surface area (Å²) in [5, 5.41) is 2.93. The SMILES string of the molecule is O=C1CN(Cc2ncccn2)C(=O)C2(CCCCC2)N1. The van der Waals surface area contributed by atoms with E-state index in [1.165, 1.54) is 0 Å². The van der Waals surface area contributed by atoms with E-state index in [1.54, 1.807) is 23.4 Å². The number of amides is 2. The van der Waals surface area contributed by atoms with E-state index >= 15 is 0 Å². The number of nitrogens with zero attached hydrogens (tertiary/aromatic N) is 3. The largest absolute Gasteiger partial charge is 0.340 e. The molecule has 2 heterocycles. The minimum Gasteiger partial charge on any atom is -0.340 e. The first-order valence-electron chi connectivity index (χ1n) is 7.06. The van der Waals surface area contributed by atoms with Crippen LogP contribution in [0.2, 0.25) is 0 Å². The Labute approximate surface area is 117 Å². The number of carbonyl (C=O) groups excluding carboxylic acids is 2. The number of hydrogen-bond acceptors (Lipinski definition) is 4. The standard InChI is InChI=1S/C14H18N4O2/c19-12-10-18(9-11-15-7-4-8-16-11)13(20)14(17-12)5-2-1-3-6-14/h4,7-8H,1-3,5-6,9-10H2,(H,17,19). The second kappa shape index (κ2) is 5.19. The van der Waals surface area contributed by atoms with Gasteiger partial charge in [0.05, 0.1) is 6.54 Å². The fraction of sp³-hybridized carbons (Fsp3) is 0.571. The molecule has 1 N–H and O–H groups in total. The molecule has 2 amide bonds.